The Balaban J connectivity index is 1.44. The van der Waals surface area contributed by atoms with Gasteiger partial charge in [-0.05, 0) is 75.0 Å². The Morgan fingerprint density at radius 2 is 1.79 bits per heavy atom. The first-order valence-electron chi connectivity index (χ1n) is 14.5. The molecule has 6 fully saturated rings. The summed E-state index contributed by atoms with van der Waals surface area (Å²) in [6.07, 6.45) is 4.35. The van der Waals surface area contributed by atoms with Gasteiger partial charge in [0.15, 0.2) is 0 Å². The van der Waals surface area contributed by atoms with Crippen molar-refractivity contribution in [2.75, 3.05) is 7.11 Å². The molecule has 7 heteroatoms. The minimum absolute atomic E-state index is 0.0113. The molecule has 0 unspecified atom stereocenters. The Kier molecular flexibility index (Phi) is 5.87. The molecule has 7 nitrogen and oxygen atoms in total. The number of esters is 2. The van der Waals surface area contributed by atoms with Gasteiger partial charge in [0.05, 0.1) is 30.0 Å². The van der Waals surface area contributed by atoms with Crippen molar-refractivity contribution in [2.24, 2.45) is 52.8 Å². The number of carbonyl (C=O) groups excluding carboxylic acids is 3. The molecule has 6 aliphatic rings. The first-order valence-corrected chi connectivity index (χ1v) is 14.5. The molecule has 1 saturated heterocycles. The maximum absolute atomic E-state index is 14.2. The largest absolute Gasteiger partial charge is 0.469 e. The second-order valence-corrected chi connectivity index (χ2v) is 13.5. The number of ketones is 1. The number of hydrogen-bond acceptors (Lipinski definition) is 7. The van der Waals surface area contributed by atoms with Crippen LogP contribution in [0.5, 0.6) is 0 Å². The summed E-state index contributed by atoms with van der Waals surface area (Å²) < 4.78 is 11.1. The maximum Gasteiger partial charge on any atom is 0.309 e. The van der Waals surface area contributed by atoms with E-state index < -0.39 is 22.7 Å². The van der Waals surface area contributed by atoms with Gasteiger partial charge in [0.1, 0.15) is 17.5 Å². The van der Waals surface area contributed by atoms with Crippen molar-refractivity contribution in [3.8, 4) is 0 Å². The van der Waals surface area contributed by atoms with Gasteiger partial charge in [0, 0.05) is 18.3 Å². The average Bonchev–Trinajstić information content (AvgIpc) is 3.42. The minimum atomic E-state index is -1.65. The van der Waals surface area contributed by atoms with Crippen molar-refractivity contribution in [3.05, 3.63) is 24.3 Å². The normalized spacial score (nSPS) is 50.6. The Labute approximate surface area is 225 Å². The number of Topliss-reactive ketones (excluding diaryl/α,β-unsaturated/α-hetero) is 1. The van der Waals surface area contributed by atoms with E-state index in [1.54, 1.807) is 0 Å². The zero-order valence-electron chi connectivity index (χ0n) is 22.9. The van der Waals surface area contributed by atoms with E-state index in [1.165, 1.54) is 7.11 Å². The van der Waals surface area contributed by atoms with Crippen LogP contribution in [-0.2, 0) is 23.9 Å². The number of fused-ring (bicyclic) bond motifs is 8. The van der Waals surface area contributed by atoms with Crippen molar-refractivity contribution in [2.45, 2.75) is 88.9 Å². The standard InChI is InChI=1S/C31H42O7/c1-15-7-9-20-18(4)28(34)38-26(20)25-21(15)13-24(32)29(25)10-11-30(35)23-12-19(17(3)27(33)37-5)8-6-16(2)22(23)14-31(29,30)36/h17-23,25-26,35-36H,1-2,6-14H2,3-5H3/t17-,18-,19+,20-,21-,22-,23+,25-,26-,29+,30-,31-/m0/s1. The van der Waals surface area contributed by atoms with Gasteiger partial charge in [0.2, 0.25) is 0 Å². The molecule has 38 heavy (non-hydrogen) atoms. The summed E-state index contributed by atoms with van der Waals surface area (Å²) in [7, 11) is 1.40. The highest BCUT2D eigenvalue weighted by molar-refractivity contribution is 5.91. The molecule has 0 aromatic rings. The molecule has 5 aliphatic carbocycles. The van der Waals surface area contributed by atoms with Crippen LogP contribution < -0.4 is 0 Å². The third-order valence-corrected chi connectivity index (χ3v) is 12.4. The van der Waals surface area contributed by atoms with Crippen LogP contribution in [0.15, 0.2) is 24.3 Å². The van der Waals surface area contributed by atoms with E-state index >= 15 is 0 Å². The number of methoxy groups -OCH3 is 1. The summed E-state index contributed by atoms with van der Waals surface area (Å²) in [4.78, 5) is 39.4. The Morgan fingerprint density at radius 3 is 2.50 bits per heavy atom. The lowest BCUT2D eigenvalue weighted by molar-refractivity contribution is -0.198. The summed E-state index contributed by atoms with van der Waals surface area (Å²) in [5, 5.41) is 25.4. The number of carbonyl (C=O) groups is 3. The topological polar surface area (TPSA) is 110 Å². The molecule has 5 saturated carbocycles. The van der Waals surface area contributed by atoms with E-state index in [0.717, 1.165) is 30.4 Å². The van der Waals surface area contributed by atoms with Gasteiger partial charge < -0.3 is 19.7 Å². The second-order valence-electron chi connectivity index (χ2n) is 13.5. The van der Waals surface area contributed by atoms with Gasteiger partial charge in [-0.2, -0.15) is 0 Å². The van der Waals surface area contributed by atoms with Crippen LogP contribution in [0, 0.1) is 52.8 Å². The highest BCUT2D eigenvalue weighted by atomic mass is 16.6. The average molecular weight is 527 g/mol. The molecule has 2 N–H and O–H groups in total. The number of hydrogen-bond donors (Lipinski definition) is 2. The fraction of sp³-hybridized carbons (Fsp3) is 0.774. The van der Waals surface area contributed by atoms with Crippen molar-refractivity contribution in [1.82, 2.24) is 0 Å². The first kappa shape index (κ1) is 26.2. The van der Waals surface area contributed by atoms with Gasteiger partial charge in [-0.25, -0.2) is 0 Å². The molecule has 0 radical (unpaired) electrons. The third kappa shape index (κ3) is 3.06. The van der Waals surface area contributed by atoms with E-state index in [9.17, 15) is 24.6 Å². The van der Waals surface area contributed by atoms with Crippen LogP contribution in [-0.4, -0.2) is 52.4 Å². The van der Waals surface area contributed by atoms with Crippen LogP contribution >= 0.6 is 0 Å². The molecule has 0 aromatic heterocycles. The number of allylic oxidation sites excluding steroid dienone is 2. The molecule has 1 heterocycles. The third-order valence-electron chi connectivity index (χ3n) is 12.4. The Hall–Kier alpha value is -1.99. The number of ether oxygens (including phenoxy) is 2. The van der Waals surface area contributed by atoms with Crippen molar-refractivity contribution < 1.29 is 34.1 Å². The Morgan fingerprint density at radius 1 is 1.11 bits per heavy atom. The lowest BCUT2D eigenvalue weighted by Crippen LogP contribution is -2.62. The summed E-state index contributed by atoms with van der Waals surface area (Å²) in [5.41, 5.74) is -2.35. The van der Waals surface area contributed by atoms with E-state index in [2.05, 4.69) is 13.2 Å². The van der Waals surface area contributed by atoms with Crippen LogP contribution in [0.4, 0.5) is 0 Å². The van der Waals surface area contributed by atoms with Crippen LogP contribution in [0.25, 0.3) is 0 Å². The Bertz CT molecular complexity index is 1110. The van der Waals surface area contributed by atoms with Crippen LogP contribution in [0.2, 0.25) is 0 Å². The molecular weight excluding hydrogens is 484 g/mol. The molecular formula is C31H42O7. The van der Waals surface area contributed by atoms with Gasteiger partial charge in [-0.1, -0.05) is 38.2 Å². The lowest BCUT2D eigenvalue weighted by atomic mass is 9.59. The van der Waals surface area contributed by atoms with E-state index in [0.29, 0.717) is 25.7 Å². The molecule has 1 aliphatic heterocycles. The molecule has 6 rings (SSSR count). The molecule has 12 atom stereocenters. The maximum atomic E-state index is 14.2. The van der Waals surface area contributed by atoms with Gasteiger partial charge in [0.25, 0.3) is 0 Å². The van der Waals surface area contributed by atoms with E-state index in [4.69, 9.17) is 9.47 Å². The summed E-state index contributed by atoms with van der Waals surface area (Å²) in [6, 6.07) is 0. The summed E-state index contributed by atoms with van der Waals surface area (Å²) in [5.74, 6) is -2.15. The zero-order valence-corrected chi connectivity index (χ0v) is 22.9. The highest BCUT2D eigenvalue weighted by Gasteiger charge is 2.81. The minimum Gasteiger partial charge on any atom is -0.469 e. The first-order chi connectivity index (χ1) is 17.9. The SMILES string of the molecule is C=C1CC[C@@H]2[C@H](OC(=O)[C@H]2C)[C@@H]2[C@H]1CC(=O)[C@]21CC[C@]2(O)[C@@H]3C[C@H]([C@H](C)C(=O)OC)CCC(=C)[C@@H]3C[C@@]21O. The quantitative estimate of drug-likeness (QED) is 0.416. The fourth-order valence-corrected chi connectivity index (χ4v) is 10.3. The second kappa shape index (κ2) is 8.50. The van der Waals surface area contributed by atoms with Gasteiger partial charge in [-0.3, -0.25) is 14.4 Å². The van der Waals surface area contributed by atoms with E-state index in [1.807, 2.05) is 13.8 Å². The van der Waals surface area contributed by atoms with Crippen LogP contribution in [0.3, 0.4) is 0 Å². The van der Waals surface area contributed by atoms with E-state index in [-0.39, 0.29) is 77.9 Å². The lowest BCUT2D eigenvalue weighted by Gasteiger charge is -2.48. The van der Waals surface area contributed by atoms with Crippen molar-refractivity contribution >= 4 is 17.7 Å². The molecule has 0 bridgehead atoms. The zero-order chi connectivity index (χ0) is 27.4. The monoisotopic (exact) mass is 526 g/mol. The van der Waals surface area contributed by atoms with Gasteiger partial charge in [-0.15, -0.1) is 0 Å². The number of rotatable bonds is 2. The molecule has 208 valence electrons. The predicted molar refractivity (Wildman–Crippen MR) is 138 cm³/mol. The van der Waals surface area contributed by atoms with Crippen molar-refractivity contribution in [3.63, 3.8) is 0 Å². The molecule has 0 aromatic carbocycles. The van der Waals surface area contributed by atoms with Crippen LogP contribution in [0.1, 0.15) is 71.6 Å². The summed E-state index contributed by atoms with van der Waals surface area (Å²) in [6.45, 7) is 12.5. The van der Waals surface area contributed by atoms with Gasteiger partial charge >= 0.3 is 11.9 Å². The molecule has 1 spiro atoms. The molecule has 0 amide bonds. The highest BCUT2D eigenvalue weighted by Crippen LogP contribution is 2.74. The fourth-order valence-electron chi connectivity index (χ4n) is 10.3. The summed E-state index contributed by atoms with van der Waals surface area (Å²) >= 11 is 0. The smallest absolute Gasteiger partial charge is 0.309 e. The number of aliphatic hydroxyl groups is 2. The predicted octanol–water partition coefficient (Wildman–Crippen LogP) is 3.76. The van der Waals surface area contributed by atoms with Crippen molar-refractivity contribution in [1.29, 1.82) is 0 Å².